The van der Waals surface area contributed by atoms with Gasteiger partial charge in [0.25, 0.3) is 0 Å². The van der Waals surface area contributed by atoms with E-state index in [2.05, 4.69) is 15.3 Å². The van der Waals surface area contributed by atoms with Crippen molar-refractivity contribution >= 4 is 5.82 Å². The first-order chi connectivity index (χ1) is 7.35. The van der Waals surface area contributed by atoms with Crippen molar-refractivity contribution in [1.29, 1.82) is 0 Å². The lowest BCUT2D eigenvalue weighted by atomic mass is 9.82. The van der Waals surface area contributed by atoms with E-state index >= 15 is 0 Å². The highest BCUT2D eigenvalue weighted by molar-refractivity contribution is 5.34. The fourth-order valence-electron chi connectivity index (χ4n) is 2.19. The second kappa shape index (κ2) is 4.57. The number of anilines is 1. The molecular formula is C11H17N3O. The van der Waals surface area contributed by atoms with Gasteiger partial charge in [-0.2, -0.15) is 0 Å². The number of aromatic nitrogens is 2. The highest BCUT2D eigenvalue weighted by Crippen LogP contribution is 2.30. The normalized spacial score (nSPS) is 19.8. The Morgan fingerprint density at radius 1 is 1.27 bits per heavy atom. The fraction of sp³-hybridized carbons (Fsp3) is 0.636. The van der Waals surface area contributed by atoms with Gasteiger partial charge < -0.3 is 10.4 Å². The Bertz CT molecular complexity index is 296. The van der Waals surface area contributed by atoms with Crippen molar-refractivity contribution in [3.8, 4) is 0 Å². The third-order valence-electron chi connectivity index (χ3n) is 3.07. The van der Waals surface area contributed by atoms with Crippen molar-refractivity contribution in [2.24, 2.45) is 0 Å². The molecule has 0 bridgehead atoms. The Hall–Kier alpha value is -1.16. The zero-order valence-corrected chi connectivity index (χ0v) is 8.82. The van der Waals surface area contributed by atoms with Gasteiger partial charge in [-0.1, -0.05) is 19.3 Å². The van der Waals surface area contributed by atoms with E-state index in [0.717, 1.165) is 18.7 Å². The minimum absolute atomic E-state index is 0.170. The van der Waals surface area contributed by atoms with Gasteiger partial charge in [0.1, 0.15) is 5.82 Å². The second-order valence-electron chi connectivity index (χ2n) is 4.21. The van der Waals surface area contributed by atoms with Crippen LogP contribution in [0.25, 0.3) is 0 Å². The molecule has 0 spiro atoms. The lowest BCUT2D eigenvalue weighted by Crippen LogP contribution is -2.44. The Kier molecular flexibility index (Phi) is 3.16. The molecule has 1 heterocycles. The summed E-state index contributed by atoms with van der Waals surface area (Å²) >= 11 is 0. The lowest BCUT2D eigenvalue weighted by molar-refractivity contribution is 0.172. The van der Waals surface area contributed by atoms with Crippen LogP contribution >= 0.6 is 0 Å². The average molecular weight is 207 g/mol. The number of aliphatic hydroxyl groups excluding tert-OH is 1. The van der Waals surface area contributed by atoms with Crippen LogP contribution in [0, 0.1) is 0 Å². The molecule has 4 nitrogen and oxygen atoms in total. The molecule has 2 rings (SSSR count). The van der Waals surface area contributed by atoms with E-state index in [4.69, 9.17) is 0 Å². The molecule has 1 fully saturated rings. The third-order valence-corrected chi connectivity index (χ3v) is 3.07. The first-order valence-electron chi connectivity index (χ1n) is 5.50. The number of nitrogens with zero attached hydrogens (tertiary/aromatic N) is 2. The zero-order valence-electron chi connectivity index (χ0n) is 8.82. The topological polar surface area (TPSA) is 58.0 Å². The maximum Gasteiger partial charge on any atom is 0.144 e. The highest BCUT2D eigenvalue weighted by Gasteiger charge is 2.31. The summed E-state index contributed by atoms with van der Waals surface area (Å²) in [5.41, 5.74) is -0.172. The average Bonchev–Trinajstić information content (AvgIpc) is 2.32. The van der Waals surface area contributed by atoms with Crippen LogP contribution in [-0.4, -0.2) is 27.2 Å². The first kappa shape index (κ1) is 10.4. The van der Waals surface area contributed by atoms with Gasteiger partial charge >= 0.3 is 0 Å². The van der Waals surface area contributed by atoms with Gasteiger partial charge in [-0.3, -0.25) is 4.98 Å². The van der Waals surface area contributed by atoms with Gasteiger partial charge in [0.15, 0.2) is 0 Å². The van der Waals surface area contributed by atoms with Gasteiger partial charge in [0, 0.05) is 12.4 Å². The van der Waals surface area contributed by atoms with Gasteiger partial charge in [0.2, 0.25) is 0 Å². The number of rotatable bonds is 3. The molecule has 1 saturated carbocycles. The van der Waals surface area contributed by atoms with E-state index in [1.54, 1.807) is 18.6 Å². The van der Waals surface area contributed by atoms with Gasteiger partial charge in [-0.15, -0.1) is 0 Å². The Morgan fingerprint density at radius 3 is 2.67 bits per heavy atom. The smallest absolute Gasteiger partial charge is 0.144 e. The molecule has 1 aromatic heterocycles. The Morgan fingerprint density at radius 2 is 2.07 bits per heavy atom. The molecule has 1 aromatic rings. The summed E-state index contributed by atoms with van der Waals surface area (Å²) in [5, 5.41) is 12.8. The first-order valence-corrected chi connectivity index (χ1v) is 5.50. The molecule has 1 aliphatic carbocycles. The van der Waals surface area contributed by atoms with Gasteiger partial charge in [0.05, 0.1) is 18.3 Å². The van der Waals surface area contributed by atoms with Crippen molar-refractivity contribution in [2.75, 3.05) is 11.9 Å². The summed E-state index contributed by atoms with van der Waals surface area (Å²) in [6.07, 6.45) is 10.7. The van der Waals surface area contributed by atoms with E-state index in [0.29, 0.717) is 0 Å². The van der Waals surface area contributed by atoms with Gasteiger partial charge in [-0.25, -0.2) is 4.98 Å². The predicted octanol–water partition coefficient (Wildman–Crippen LogP) is 1.58. The molecule has 0 aliphatic heterocycles. The largest absolute Gasteiger partial charge is 0.394 e. The fourth-order valence-corrected chi connectivity index (χ4v) is 2.19. The highest BCUT2D eigenvalue weighted by atomic mass is 16.3. The minimum Gasteiger partial charge on any atom is -0.394 e. The molecule has 15 heavy (non-hydrogen) atoms. The molecule has 0 unspecified atom stereocenters. The van der Waals surface area contributed by atoms with E-state index in [1.165, 1.54) is 19.3 Å². The molecule has 0 amide bonds. The number of hydrogen-bond donors (Lipinski definition) is 2. The molecule has 0 radical (unpaired) electrons. The van der Waals surface area contributed by atoms with Crippen LogP contribution in [0.15, 0.2) is 18.6 Å². The van der Waals surface area contributed by atoms with Crippen molar-refractivity contribution < 1.29 is 5.11 Å². The number of nitrogens with one attached hydrogen (secondary N) is 1. The van der Waals surface area contributed by atoms with Crippen molar-refractivity contribution in [1.82, 2.24) is 9.97 Å². The van der Waals surface area contributed by atoms with Gasteiger partial charge in [-0.05, 0) is 12.8 Å². The van der Waals surface area contributed by atoms with Crippen LogP contribution in [-0.2, 0) is 0 Å². The Balaban J connectivity index is 2.07. The van der Waals surface area contributed by atoms with Crippen LogP contribution < -0.4 is 5.32 Å². The molecule has 4 heteroatoms. The molecule has 0 atom stereocenters. The summed E-state index contributed by atoms with van der Waals surface area (Å²) in [6, 6.07) is 0. The molecule has 2 N–H and O–H groups in total. The second-order valence-corrected chi connectivity index (χ2v) is 4.21. The molecule has 0 aromatic carbocycles. The van der Waals surface area contributed by atoms with Crippen LogP contribution in [0.5, 0.6) is 0 Å². The van der Waals surface area contributed by atoms with Crippen molar-refractivity contribution in [2.45, 2.75) is 37.6 Å². The SMILES string of the molecule is OCC1(Nc2cnccn2)CCCCC1. The van der Waals surface area contributed by atoms with Crippen LogP contribution in [0.2, 0.25) is 0 Å². The van der Waals surface area contributed by atoms with E-state index in [1.807, 2.05) is 0 Å². The van der Waals surface area contributed by atoms with Crippen molar-refractivity contribution in [3.05, 3.63) is 18.6 Å². The summed E-state index contributed by atoms with van der Waals surface area (Å²) in [4.78, 5) is 8.19. The summed E-state index contributed by atoms with van der Waals surface area (Å²) < 4.78 is 0. The number of aliphatic hydroxyl groups is 1. The zero-order chi connectivity index (χ0) is 10.6. The predicted molar refractivity (Wildman–Crippen MR) is 58.6 cm³/mol. The molecule has 0 saturated heterocycles. The summed E-state index contributed by atoms with van der Waals surface area (Å²) in [5.74, 6) is 0.758. The lowest BCUT2D eigenvalue weighted by Gasteiger charge is -2.36. The van der Waals surface area contributed by atoms with Crippen LogP contribution in [0.4, 0.5) is 5.82 Å². The minimum atomic E-state index is -0.172. The van der Waals surface area contributed by atoms with E-state index in [9.17, 15) is 5.11 Å². The van der Waals surface area contributed by atoms with Crippen LogP contribution in [0.1, 0.15) is 32.1 Å². The molecular weight excluding hydrogens is 190 g/mol. The van der Waals surface area contributed by atoms with Crippen LogP contribution in [0.3, 0.4) is 0 Å². The van der Waals surface area contributed by atoms with E-state index in [-0.39, 0.29) is 12.1 Å². The van der Waals surface area contributed by atoms with Crippen molar-refractivity contribution in [3.63, 3.8) is 0 Å². The maximum absolute atomic E-state index is 9.49. The Labute approximate surface area is 89.8 Å². The maximum atomic E-state index is 9.49. The number of hydrogen-bond acceptors (Lipinski definition) is 4. The van der Waals surface area contributed by atoms with E-state index < -0.39 is 0 Å². The monoisotopic (exact) mass is 207 g/mol. The molecule has 82 valence electrons. The summed E-state index contributed by atoms with van der Waals surface area (Å²) in [6.45, 7) is 0.170. The summed E-state index contributed by atoms with van der Waals surface area (Å²) in [7, 11) is 0. The third kappa shape index (κ3) is 2.45. The standard InChI is InChI=1S/C11H17N3O/c15-9-11(4-2-1-3-5-11)14-10-8-12-6-7-13-10/h6-8,15H,1-5,9H2,(H,13,14). The quantitative estimate of drug-likeness (QED) is 0.790. The molecule has 1 aliphatic rings.